The summed E-state index contributed by atoms with van der Waals surface area (Å²) in [5, 5.41) is 9.71. The number of nitrogens with one attached hydrogen (secondary N) is 1. The molecule has 0 radical (unpaired) electrons. The van der Waals surface area contributed by atoms with E-state index in [0.29, 0.717) is 39.5 Å². The molecule has 0 bridgehead atoms. The van der Waals surface area contributed by atoms with E-state index < -0.39 is 5.97 Å². The largest absolute Gasteiger partial charge is 0.490 e. The first kappa shape index (κ1) is 21.4. The lowest BCUT2D eigenvalue weighted by Crippen LogP contribution is -2.13. The Morgan fingerprint density at radius 1 is 1.27 bits per heavy atom. The first-order chi connectivity index (χ1) is 14.4. The van der Waals surface area contributed by atoms with Crippen LogP contribution in [0.2, 0.25) is 0 Å². The highest BCUT2D eigenvalue weighted by Gasteiger charge is 2.14. The topological polar surface area (TPSA) is 97.2 Å². The molecular weight excluding hydrogens is 450 g/mol. The maximum Gasteiger partial charge on any atom is 0.343 e. The number of nitriles is 1. The van der Waals surface area contributed by atoms with Crippen LogP contribution < -0.4 is 9.47 Å². The van der Waals surface area contributed by atoms with Crippen LogP contribution in [0, 0.1) is 18.3 Å². The Morgan fingerprint density at radius 3 is 2.73 bits per heavy atom. The highest BCUT2D eigenvalue weighted by molar-refractivity contribution is 9.10. The van der Waals surface area contributed by atoms with Crippen LogP contribution in [0.3, 0.4) is 0 Å². The maximum atomic E-state index is 11.4. The van der Waals surface area contributed by atoms with Gasteiger partial charge in [-0.25, -0.2) is 9.78 Å². The second-order valence-corrected chi connectivity index (χ2v) is 7.25. The van der Waals surface area contributed by atoms with E-state index in [9.17, 15) is 10.1 Å². The van der Waals surface area contributed by atoms with E-state index in [4.69, 9.17) is 9.47 Å². The van der Waals surface area contributed by atoms with Crippen LogP contribution in [0.4, 0.5) is 0 Å². The average Bonchev–Trinajstić information content (AvgIpc) is 3.15. The standard InChI is InChI=1S/C22H20BrN3O4/c1-4-29-19-9-14(16(23)10-20(19)30-12-21(27)28-3)8-15(11-24)22-25-17-6-5-13(2)7-18(17)26-22/h5-10H,4,12H2,1-3H3,(H,25,26)/b15-8-. The van der Waals surface area contributed by atoms with Crippen LogP contribution in [0.25, 0.3) is 22.7 Å². The highest BCUT2D eigenvalue weighted by Crippen LogP contribution is 2.35. The molecule has 154 valence electrons. The minimum absolute atomic E-state index is 0.236. The molecule has 30 heavy (non-hydrogen) atoms. The van der Waals surface area contributed by atoms with Crippen LogP contribution in [0.1, 0.15) is 23.9 Å². The van der Waals surface area contributed by atoms with Crippen molar-refractivity contribution in [3.8, 4) is 17.6 Å². The summed E-state index contributed by atoms with van der Waals surface area (Å²) in [5.74, 6) is 0.829. The van der Waals surface area contributed by atoms with Gasteiger partial charge in [0, 0.05) is 4.47 Å². The third kappa shape index (κ3) is 4.81. The van der Waals surface area contributed by atoms with Gasteiger partial charge in [0.05, 0.1) is 30.3 Å². The number of fused-ring (bicyclic) bond motifs is 1. The molecule has 0 fully saturated rings. The highest BCUT2D eigenvalue weighted by atomic mass is 79.9. The van der Waals surface area contributed by atoms with Gasteiger partial charge in [-0.3, -0.25) is 0 Å². The summed E-state index contributed by atoms with van der Waals surface area (Å²) in [6.07, 6.45) is 1.71. The Kier molecular flexibility index (Phi) is 6.75. The molecular formula is C22H20BrN3O4. The van der Waals surface area contributed by atoms with Gasteiger partial charge >= 0.3 is 5.97 Å². The molecule has 0 amide bonds. The number of rotatable bonds is 7. The van der Waals surface area contributed by atoms with E-state index in [1.54, 1.807) is 18.2 Å². The van der Waals surface area contributed by atoms with Gasteiger partial charge in [-0.15, -0.1) is 0 Å². The molecule has 0 aliphatic rings. The third-order valence-corrected chi connectivity index (χ3v) is 4.94. The fourth-order valence-electron chi connectivity index (χ4n) is 2.80. The van der Waals surface area contributed by atoms with Crippen molar-refractivity contribution in [1.82, 2.24) is 9.97 Å². The normalized spacial score (nSPS) is 11.2. The van der Waals surface area contributed by atoms with Gasteiger partial charge in [-0.1, -0.05) is 22.0 Å². The number of nitrogens with zero attached hydrogens (tertiary/aromatic N) is 2. The number of carbonyl (C=O) groups is 1. The van der Waals surface area contributed by atoms with Gasteiger partial charge in [-0.2, -0.15) is 5.26 Å². The number of hydrogen-bond donors (Lipinski definition) is 1. The van der Waals surface area contributed by atoms with Gasteiger partial charge < -0.3 is 19.2 Å². The number of hydrogen-bond acceptors (Lipinski definition) is 6. The average molecular weight is 470 g/mol. The van der Waals surface area contributed by atoms with Crippen LogP contribution >= 0.6 is 15.9 Å². The van der Waals surface area contributed by atoms with Gasteiger partial charge in [0.2, 0.25) is 0 Å². The number of imidazole rings is 1. The molecule has 1 aromatic heterocycles. The fourth-order valence-corrected chi connectivity index (χ4v) is 3.24. The number of benzene rings is 2. The maximum absolute atomic E-state index is 11.4. The molecule has 0 aliphatic heterocycles. The molecule has 1 heterocycles. The first-order valence-electron chi connectivity index (χ1n) is 9.19. The second kappa shape index (κ2) is 9.46. The van der Waals surface area contributed by atoms with Crippen molar-refractivity contribution < 1.29 is 19.0 Å². The second-order valence-electron chi connectivity index (χ2n) is 6.39. The summed E-state index contributed by atoms with van der Waals surface area (Å²) >= 11 is 3.49. The number of aryl methyl sites for hydroxylation is 1. The van der Waals surface area contributed by atoms with Crippen LogP contribution in [-0.4, -0.2) is 36.3 Å². The SMILES string of the molecule is CCOc1cc(/C=C(/C#N)c2nc3ccc(C)cc3[nH]2)c(Br)cc1OCC(=O)OC. The van der Waals surface area contributed by atoms with E-state index in [1.165, 1.54) is 7.11 Å². The number of aromatic amines is 1. The molecule has 8 heteroatoms. The zero-order valence-corrected chi connectivity index (χ0v) is 18.4. The summed E-state index contributed by atoms with van der Waals surface area (Å²) in [7, 11) is 1.29. The number of aromatic nitrogens is 2. The van der Waals surface area contributed by atoms with Crippen LogP contribution in [-0.2, 0) is 9.53 Å². The van der Waals surface area contributed by atoms with Gasteiger partial charge in [0.25, 0.3) is 0 Å². The molecule has 0 atom stereocenters. The molecule has 0 saturated carbocycles. The minimum atomic E-state index is -0.496. The zero-order chi connectivity index (χ0) is 21.7. The van der Waals surface area contributed by atoms with Gasteiger partial charge in [-0.05, 0) is 55.3 Å². The predicted octanol–water partition coefficient (Wildman–Crippen LogP) is 4.65. The van der Waals surface area contributed by atoms with Gasteiger partial charge in [0.15, 0.2) is 18.1 Å². The lowest BCUT2D eigenvalue weighted by Gasteiger charge is -2.13. The van der Waals surface area contributed by atoms with Crippen LogP contribution in [0.5, 0.6) is 11.5 Å². The molecule has 3 rings (SSSR count). The summed E-state index contributed by atoms with van der Waals surface area (Å²) in [4.78, 5) is 19.1. The van der Waals surface area contributed by atoms with E-state index in [1.807, 2.05) is 32.0 Å². The Morgan fingerprint density at radius 2 is 2.03 bits per heavy atom. The summed E-state index contributed by atoms with van der Waals surface area (Å²) < 4.78 is 16.4. The van der Waals surface area contributed by atoms with E-state index in [0.717, 1.165) is 16.6 Å². The Bertz CT molecular complexity index is 1160. The van der Waals surface area contributed by atoms with Crippen molar-refractivity contribution in [2.75, 3.05) is 20.3 Å². The minimum Gasteiger partial charge on any atom is -0.490 e. The molecule has 0 spiro atoms. The Labute approximate surface area is 182 Å². The lowest BCUT2D eigenvalue weighted by atomic mass is 10.1. The number of ether oxygens (including phenoxy) is 3. The molecule has 0 unspecified atom stereocenters. The lowest BCUT2D eigenvalue weighted by molar-refractivity contribution is -0.142. The molecule has 0 aliphatic carbocycles. The predicted molar refractivity (Wildman–Crippen MR) is 117 cm³/mol. The summed E-state index contributed by atoms with van der Waals surface area (Å²) in [6.45, 7) is 4.02. The third-order valence-electron chi connectivity index (χ3n) is 4.25. The summed E-state index contributed by atoms with van der Waals surface area (Å²) in [5.41, 5.74) is 3.84. The molecule has 1 N–H and O–H groups in total. The van der Waals surface area contributed by atoms with Crippen molar-refractivity contribution in [1.29, 1.82) is 5.26 Å². The number of esters is 1. The smallest absolute Gasteiger partial charge is 0.343 e. The van der Waals surface area contributed by atoms with Crippen molar-refractivity contribution in [3.05, 3.63) is 51.8 Å². The van der Waals surface area contributed by atoms with E-state index in [2.05, 4.69) is 36.7 Å². The molecule has 2 aromatic carbocycles. The first-order valence-corrected chi connectivity index (χ1v) is 9.99. The van der Waals surface area contributed by atoms with Crippen molar-refractivity contribution in [3.63, 3.8) is 0 Å². The number of halogens is 1. The van der Waals surface area contributed by atoms with Crippen molar-refractivity contribution in [2.45, 2.75) is 13.8 Å². The van der Waals surface area contributed by atoms with Gasteiger partial charge in [0.1, 0.15) is 11.9 Å². The number of H-pyrrole nitrogens is 1. The van der Waals surface area contributed by atoms with Crippen LogP contribution in [0.15, 0.2) is 34.8 Å². The zero-order valence-electron chi connectivity index (χ0n) is 16.8. The van der Waals surface area contributed by atoms with Crippen molar-refractivity contribution >= 4 is 44.6 Å². The van der Waals surface area contributed by atoms with E-state index in [-0.39, 0.29) is 6.61 Å². The number of allylic oxidation sites excluding steroid dienone is 1. The van der Waals surface area contributed by atoms with E-state index >= 15 is 0 Å². The van der Waals surface area contributed by atoms with Crippen molar-refractivity contribution in [2.24, 2.45) is 0 Å². The molecule has 7 nitrogen and oxygen atoms in total. The Hall–Kier alpha value is -3.31. The Balaban J connectivity index is 1.99. The quantitative estimate of drug-likeness (QED) is 0.399. The number of carbonyl (C=O) groups excluding carboxylic acids is 1. The summed E-state index contributed by atoms with van der Waals surface area (Å²) in [6, 6.07) is 11.5. The fraction of sp³-hybridized carbons (Fsp3) is 0.227. The number of methoxy groups -OCH3 is 1. The molecule has 3 aromatic rings. The monoisotopic (exact) mass is 469 g/mol. The molecule has 0 saturated heterocycles.